The minimum Gasteiger partial charge on any atom is -0.370 e. The van der Waals surface area contributed by atoms with Crippen molar-refractivity contribution in [3.63, 3.8) is 0 Å². The molecule has 0 radical (unpaired) electrons. The van der Waals surface area contributed by atoms with Gasteiger partial charge in [-0.05, 0) is 50.7 Å². The van der Waals surface area contributed by atoms with Gasteiger partial charge in [0.15, 0.2) is 0 Å². The number of anilines is 1. The number of pyridine rings is 1. The predicted octanol–water partition coefficient (Wildman–Crippen LogP) is 3.45. The second kappa shape index (κ2) is 6.13. The van der Waals surface area contributed by atoms with Gasteiger partial charge in [0.05, 0.1) is 11.9 Å². The number of nitrogens with zero attached hydrogens (tertiary/aromatic N) is 2. The van der Waals surface area contributed by atoms with Crippen LogP contribution in [0.2, 0.25) is 0 Å². The third kappa shape index (κ3) is 3.95. The highest BCUT2D eigenvalue weighted by molar-refractivity contribution is 5.52. The van der Waals surface area contributed by atoms with Crippen LogP contribution in [-0.2, 0) is 6.54 Å². The van der Waals surface area contributed by atoms with E-state index in [-0.39, 0.29) is 5.54 Å². The van der Waals surface area contributed by atoms with Gasteiger partial charge in [-0.15, -0.1) is 0 Å². The molecule has 0 aromatic carbocycles. The van der Waals surface area contributed by atoms with Crippen molar-refractivity contribution in [1.29, 1.82) is 0 Å². The largest absolute Gasteiger partial charge is 0.370 e. The number of nitrogens with one attached hydrogen (secondary N) is 1. The summed E-state index contributed by atoms with van der Waals surface area (Å²) in [4.78, 5) is 6.85. The smallest absolute Gasteiger partial charge is 0.0598 e. The van der Waals surface area contributed by atoms with Gasteiger partial charge in [-0.1, -0.05) is 13.8 Å². The first kappa shape index (κ1) is 15.3. The fraction of sp³-hybridized carbons (Fsp3) is 0.706. The lowest BCUT2D eigenvalue weighted by Gasteiger charge is -2.37. The van der Waals surface area contributed by atoms with Gasteiger partial charge in [0.1, 0.15) is 0 Å². The fourth-order valence-corrected chi connectivity index (χ4v) is 2.69. The van der Waals surface area contributed by atoms with E-state index in [1.54, 1.807) is 0 Å². The standard InChI is InChI=1S/C17H29N3/c1-13-7-9-20(12-14(13)2)16-11-18-8-6-15(16)10-19-17(3,4)5/h6,8,11,13-14,19H,7,9-10,12H2,1-5H3. The maximum absolute atomic E-state index is 4.34. The molecule has 1 N–H and O–H groups in total. The molecule has 2 unspecified atom stereocenters. The molecule has 3 nitrogen and oxygen atoms in total. The van der Waals surface area contributed by atoms with Crippen molar-refractivity contribution in [1.82, 2.24) is 10.3 Å². The van der Waals surface area contributed by atoms with Gasteiger partial charge in [0.2, 0.25) is 0 Å². The van der Waals surface area contributed by atoms with Crippen LogP contribution in [-0.4, -0.2) is 23.6 Å². The molecule has 0 aliphatic carbocycles. The summed E-state index contributed by atoms with van der Waals surface area (Å²) in [5.74, 6) is 1.59. The topological polar surface area (TPSA) is 28.2 Å². The van der Waals surface area contributed by atoms with Crippen molar-refractivity contribution < 1.29 is 0 Å². The number of rotatable bonds is 3. The van der Waals surface area contributed by atoms with Crippen LogP contribution in [0.15, 0.2) is 18.5 Å². The zero-order valence-corrected chi connectivity index (χ0v) is 13.6. The highest BCUT2D eigenvalue weighted by Gasteiger charge is 2.24. The maximum atomic E-state index is 4.34. The lowest BCUT2D eigenvalue weighted by molar-refractivity contribution is 0.323. The summed E-state index contributed by atoms with van der Waals surface area (Å²) in [5.41, 5.74) is 2.81. The minimum atomic E-state index is 0.143. The van der Waals surface area contributed by atoms with Crippen LogP contribution >= 0.6 is 0 Å². The lowest BCUT2D eigenvalue weighted by atomic mass is 9.88. The normalized spacial score (nSPS) is 23.9. The Morgan fingerprint density at radius 1 is 1.30 bits per heavy atom. The second-order valence-electron chi connectivity index (χ2n) is 7.30. The Balaban J connectivity index is 2.11. The molecule has 2 rings (SSSR count). The first-order valence-electron chi connectivity index (χ1n) is 7.79. The average molecular weight is 275 g/mol. The monoisotopic (exact) mass is 275 g/mol. The van der Waals surface area contributed by atoms with Gasteiger partial charge in [-0.3, -0.25) is 4.98 Å². The van der Waals surface area contributed by atoms with E-state index >= 15 is 0 Å². The van der Waals surface area contributed by atoms with Crippen LogP contribution in [0.1, 0.15) is 46.6 Å². The summed E-state index contributed by atoms with van der Waals surface area (Å²) in [5, 5.41) is 3.58. The van der Waals surface area contributed by atoms with Gasteiger partial charge in [-0.25, -0.2) is 0 Å². The second-order valence-corrected chi connectivity index (χ2v) is 7.30. The van der Waals surface area contributed by atoms with E-state index in [9.17, 15) is 0 Å². The van der Waals surface area contributed by atoms with Gasteiger partial charge in [0, 0.05) is 31.4 Å². The molecule has 2 heterocycles. The molecule has 0 saturated carbocycles. The van der Waals surface area contributed by atoms with Gasteiger partial charge in [0.25, 0.3) is 0 Å². The number of hydrogen-bond donors (Lipinski definition) is 1. The van der Waals surface area contributed by atoms with Gasteiger partial charge >= 0.3 is 0 Å². The van der Waals surface area contributed by atoms with E-state index in [1.807, 2.05) is 12.4 Å². The predicted molar refractivity (Wildman–Crippen MR) is 86.0 cm³/mol. The number of piperidine rings is 1. The summed E-state index contributed by atoms with van der Waals surface area (Å²) in [6.45, 7) is 14.6. The molecule has 2 atom stereocenters. The Labute approximate surface area is 123 Å². The Morgan fingerprint density at radius 3 is 2.70 bits per heavy atom. The molecule has 1 aromatic heterocycles. The van der Waals surface area contributed by atoms with E-state index in [2.05, 4.69) is 55.9 Å². The van der Waals surface area contributed by atoms with Crippen LogP contribution < -0.4 is 10.2 Å². The highest BCUT2D eigenvalue weighted by atomic mass is 15.1. The molecule has 112 valence electrons. The van der Waals surface area contributed by atoms with Crippen LogP contribution in [0.4, 0.5) is 5.69 Å². The summed E-state index contributed by atoms with van der Waals surface area (Å²) >= 11 is 0. The first-order chi connectivity index (χ1) is 9.37. The van der Waals surface area contributed by atoms with E-state index in [0.717, 1.165) is 31.5 Å². The molecule has 0 bridgehead atoms. The Hall–Kier alpha value is -1.09. The van der Waals surface area contributed by atoms with Crippen molar-refractivity contribution in [2.45, 2.75) is 53.1 Å². The zero-order valence-electron chi connectivity index (χ0n) is 13.6. The lowest BCUT2D eigenvalue weighted by Crippen LogP contribution is -2.40. The number of aromatic nitrogens is 1. The molecule has 1 aliphatic rings. The summed E-state index contributed by atoms with van der Waals surface area (Å²) < 4.78 is 0. The molecule has 3 heteroatoms. The van der Waals surface area contributed by atoms with E-state index in [1.165, 1.54) is 17.7 Å². The van der Waals surface area contributed by atoms with Crippen molar-refractivity contribution in [3.05, 3.63) is 24.0 Å². The van der Waals surface area contributed by atoms with Crippen LogP contribution in [0.3, 0.4) is 0 Å². The van der Waals surface area contributed by atoms with Crippen LogP contribution in [0.25, 0.3) is 0 Å². The first-order valence-corrected chi connectivity index (χ1v) is 7.79. The minimum absolute atomic E-state index is 0.143. The summed E-state index contributed by atoms with van der Waals surface area (Å²) in [7, 11) is 0. The Kier molecular flexibility index (Phi) is 4.69. The Bertz CT molecular complexity index is 436. The third-order valence-electron chi connectivity index (χ3n) is 4.37. The van der Waals surface area contributed by atoms with Crippen LogP contribution in [0.5, 0.6) is 0 Å². The van der Waals surface area contributed by atoms with Crippen molar-refractivity contribution >= 4 is 5.69 Å². The van der Waals surface area contributed by atoms with Crippen molar-refractivity contribution in [2.75, 3.05) is 18.0 Å². The zero-order chi connectivity index (χ0) is 14.8. The number of hydrogen-bond acceptors (Lipinski definition) is 3. The van der Waals surface area contributed by atoms with E-state index < -0.39 is 0 Å². The van der Waals surface area contributed by atoms with E-state index in [4.69, 9.17) is 0 Å². The van der Waals surface area contributed by atoms with Crippen molar-refractivity contribution in [2.24, 2.45) is 11.8 Å². The molecule has 0 spiro atoms. The van der Waals surface area contributed by atoms with Gasteiger partial charge in [-0.2, -0.15) is 0 Å². The van der Waals surface area contributed by atoms with Crippen molar-refractivity contribution in [3.8, 4) is 0 Å². The average Bonchev–Trinajstić information content (AvgIpc) is 2.39. The fourth-order valence-electron chi connectivity index (χ4n) is 2.69. The quantitative estimate of drug-likeness (QED) is 0.916. The third-order valence-corrected chi connectivity index (χ3v) is 4.37. The SMILES string of the molecule is CC1CCN(c2cnccc2CNC(C)(C)C)CC1C. The molecular weight excluding hydrogens is 246 g/mol. The molecule has 1 aliphatic heterocycles. The molecule has 20 heavy (non-hydrogen) atoms. The molecule has 0 amide bonds. The molecule has 1 aromatic rings. The maximum Gasteiger partial charge on any atom is 0.0598 e. The Morgan fingerprint density at radius 2 is 2.05 bits per heavy atom. The summed E-state index contributed by atoms with van der Waals surface area (Å²) in [6.07, 6.45) is 5.21. The molecular formula is C17H29N3. The van der Waals surface area contributed by atoms with Gasteiger partial charge < -0.3 is 10.2 Å². The van der Waals surface area contributed by atoms with E-state index in [0.29, 0.717) is 0 Å². The van der Waals surface area contributed by atoms with Crippen LogP contribution in [0, 0.1) is 11.8 Å². The highest BCUT2D eigenvalue weighted by Crippen LogP contribution is 2.28. The molecule has 1 saturated heterocycles. The molecule has 1 fully saturated rings. The summed E-state index contributed by atoms with van der Waals surface area (Å²) in [6, 6.07) is 2.15.